The number of amides is 1. The molecule has 0 heterocycles. The minimum atomic E-state index is -1.09. The summed E-state index contributed by atoms with van der Waals surface area (Å²) in [4.78, 5) is 22.5. The normalized spacial score (nSPS) is 11.1. The Balaban J connectivity index is 2.26. The van der Waals surface area contributed by atoms with Crippen molar-refractivity contribution in [1.82, 2.24) is 5.32 Å². The maximum Gasteiger partial charge on any atom is 0.514 e. The Morgan fingerprint density at radius 1 is 1.12 bits per heavy atom. The lowest BCUT2D eigenvalue weighted by Gasteiger charge is -2.19. The van der Waals surface area contributed by atoms with Crippen LogP contribution >= 0.6 is 0 Å². The first-order valence-electron chi connectivity index (χ1n) is 7.64. The second-order valence-electron chi connectivity index (χ2n) is 6.36. The Morgan fingerprint density at radius 3 is 2.33 bits per heavy atom. The van der Waals surface area contributed by atoms with Crippen molar-refractivity contribution < 1.29 is 24.2 Å². The number of carboxylic acid groups (broad SMARTS) is 1. The summed E-state index contributed by atoms with van der Waals surface area (Å²) >= 11 is 0. The van der Waals surface area contributed by atoms with E-state index >= 15 is 0 Å². The summed E-state index contributed by atoms with van der Waals surface area (Å²) in [6, 6.07) is 11.3. The van der Waals surface area contributed by atoms with E-state index in [1.165, 1.54) is 0 Å². The molecule has 0 fully saturated rings. The summed E-state index contributed by atoms with van der Waals surface area (Å²) in [6.07, 6.45) is -1.48. The van der Waals surface area contributed by atoms with E-state index in [4.69, 9.17) is 14.6 Å². The van der Waals surface area contributed by atoms with Crippen LogP contribution < -0.4 is 10.1 Å². The van der Waals surface area contributed by atoms with Crippen LogP contribution in [-0.2, 0) is 11.2 Å². The van der Waals surface area contributed by atoms with Crippen LogP contribution in [0, 0.1) is 0 Å². The van der Waals surface area contributed by atoms with E-state index in [0.29, 0.717) is 12.2 Å². The fourth-order valence-electron chi connectivity index (χ4n) is 2.22. The first-order valence-corrected chi connectivity index (χ1v) is 7.64. The molecule has 0 aliphatic rings. The Kier molecular flexibility index (Phi) is 5.28. The lowest BCUT2D eigenvalue weighted by molar-refractivity contribution is 0.0204. The van der Waals surface area contributed by atoms with Crippen molar-refractivity contribution in [3.05, 3.63) is 42.0 Å². The van der Waals surface area contributed by atoms with E-state index in [9.17, 15) is 9.59 Å². The molecule has 2 aromatic rings. The van der Waals surface area contributed by atoms with Crippen molar-refractivity contribution in [2.24, 2.45) is 0 Å². The molecule has 0 spiro atoms. The Morgan fingerprint density at radius 2 is 1.75 bits per heavy atom. The lowest BCUT2D eigenvalue weighted by atomic mass is 10.0. The molecular weight excluding hydrogens is 310 g/mol. The van der Waals surface area contributed by atoms with Gasteiger partial charge in [0.15, 0.2) is 0 Å². The number of hydrogen-bond acceptors (Lipinski definition) is 4. The molecule has 24 heavy (non-hydrogen) atoms. The van der Waals surface area contributed by atoms with Gasteiger partial charge in [0, 0.05) is 6.54 Å². The van der Waals surface area contributed by atoms with E-state index in [1.807, 2.05) is 30.3 Å². The van der Waals surface area contributed by atoms with Gasteiger partial charge in [0.1, 0.15) is 11.4 Å². The predicted molar refractivity (Wildman–Crippen MR) is 90.5 cm³/mol. The average Bonchev–Trinajstić information content (AvgIpc) is 2.45. The largest absolute Gasteiger partial charge is 0.514 e. The molecule has 2 aromatic carbocycles. The van der Waals surface area contributed by atoms with Crippen LogP contribution in [0.25, 0.3) is 10.8 Å². The number of rotatable bonds is 4. The summed E-state index contributed by atoms with van der Waals surface area (Å²) in [6.45, 7) is 5.49. The zero-order chi connectivity index (χ0) is 17.7. The van der Waals surface area contributed by atoms with Gasteiger partial charge in [-0.15, -0.1) is 0 Å². The van der Waals surface area contributed by atoms with E-state index < -0.39 is 17.8 Å². The summed E-state index contributed by atoms with van der Waals surface area (Å²) < 4.78 is 10.5. The zero-order valence-corrected chi connectivity index (χ0v) is 14.0. The molecule has 128 valence electrons. The van der Waals surface area contributed by atoms with Crippen LogP contribution in [0.5, 0.6) is 5.75 Å². The fourth-order valence-corrected chi connectivity index (χ4v) is 2.22. The highest BCUT2D eigenvalue weighted by Gasteiger charge is 2.19. The second kappa shape index (κ2) is 7.21. The van der Waals surface area contributed by atoms with Gasteiger partial charge in [-0.3, -0.25) is 0 Å². The second-order valence-corrected chi connectivity index (χ2v) is 6.36. The first-order chi connectivity index (χ1) is 11.2. The number of fused-ring (bicyclic) bond motifs is 1. The molecule has 1 amide bonds. The molecular formula is C18H21NO5. The molecule has 6 heteroatoms. The Bertz CT molecular complexity index is 749. The zero-order valence-electron chi connectivity index (χ0n) is 14.0. The molecule has 0 atom stereocenters. The van der Waals surface area contributed by atoms with Crippen molar-refractivity contribution in [1.29, 1.82) is 0 Å². The molecule has 0 aliphatic heterocycles. The third-order valence-electron chi connectivity index (χ3n) is 3.18. The summed E-state index contributed by atoms with van der Waals surface area (Å²) in [5.41, 5.74) is 0.0761. The topological polar surface area (TPSA) is 84.9 Å². The fraction of sp³-hybridized carbons (Fsp3) is 0.333. The third kappa shape index (κ3) is 5.15. The standard InChI is InChI=1S/C18H21NO5/c1-18(2,3)24-17(22)23-15-11-13-7-5-4-6-12(13)10-14(15)8-9-19-16(20)21/h4-7,10-11,19H,8-9H2,1-3H3,(H,20,21). The number of carbonyl (C=O) groups excluding carboxylic acids is 1. The smallest absolute Gasteiger partial charge is 0.465 e. The van der Waals surface area contributed by atoms with Gasteiger partial charge in [0.2, 0.25) is 0 Å². The molecule has 0 unspecified atom stereocenters. The van der Waals surface area contributed by atoms with Crippen molar-refractivity contribution in [2.75, 3.05) is 6.54 Å². The Hall–Kier alpha value is -2.76. The summed E-state index contributed by atoms with van der Waals surface area (Å²) in [5.74, 6) is 0.370. The minimum Gasteiger partial charge on any atom is -0.465 e. The molecule has 2 rings (SSSR count). The number of ether oxygens (including phenoxy) is 2. The van der Waals surface area contributed by atoms with E-state index in [2.05, 4.69) is 5.32 Å². The monoisotopic (exact) mass is 331 g/mol. The summed E-state index contributed by atoms with van der Waals surface area (Å²) in [5, 5.41) is 12.9. The number of hydrogen-bond donors (Lipinski definition) is 2. The molecule has 0 bridgehead atoms. The van der Waals surface area contributed by atoms with E-state index in [1.54, 1.807) is 26.8 Å². The highest BCUT2D eigenvalue weighted by molar-refractivity contribution is 5.85. The predicted octanol–water partition coefficient (Wildman–Crippen LogP) is 3.96. The van der Waals surface area contributed by atoms with E-state index in [-0.39, 0.29) is 6.54 Å². The maximum absolute atomic E-state index is 11.9. The first kappa shape index (κ1) is 17.6. The van der Waals surface area contributed by atoms with Gasteiger partial charge in [0.05, 0.1) is 0 Å². The number of nitrogens with one attached hydrogen (secondary N) is 1. The van der Waals surface area contributed by atoms with Gasteiger partial charge in [-0.05, 0) is 55.7 Å². The van der Waals surface area contributed by atoms with Crippen LogP contribution in [0.4, 0.5) is 9.59 Å². The molecule has 0 saturated heterocycles. The molecule has 2 N–H and O–H groups in total. The van der Waals surface area contributed by atoms with E-state index in [0.717, 1.165) is 16.3 Å². The summed E-state index contributed by atoms with van der Waals surface area (Å²) in [7, 11) is 0. The van der Waals surface area contributed by atoms with Crippen molar-refractivity contribution in [2.45, 2.75) is 32.8 Å². The molecule has 6 nitrogen and oxygen atoms in total. The molecule has 0 aromatic heterocycles. The number of benzene rings is 2. The van der Waals surface area contributed by atoms with Crippen LogP contribution in [-0.4, -0.2) is 29.5 Å². The highest BCUT2D eigenvalue weighted by atomic mass is 16.7. The van der Waals surface area contributed by atoms with Crippen molar-refractivity contribution in [3.63, 3.8) is 0 Å². The molecule has 0 radical (unpaired) electrons. The number of carbonyl (C=O) groups is 2. The quantitative estimate of drug-likeness (QED) is 0.654. The molecule has 0 saturated carbocycles. The van der Waals surface area contributed by atoms with Crippen molar-refractivity contribution >= 4 is 23.0 Å². The Labute approximate surface area is 140 Å². The van der Waals surface area contributed by atoms with Crippen LogP contribution in [0.2, 0.25) is 0 Å². The van der Waals surface area contributed by atoms with Crippen LogP contribution in [0.15, 0.2) is 36.4 Å². The van der Waals surface area contributed by atoms with Crippen molar-refractivity contribution in [3.8, 4) is 5.75 Å². The molecule has 0 aliphatic carbocycles. The maximum atomic E-state index is 11.9. The van der Waals surface area contributed by atoms with Gasteiger partial charge in [-0.1, -0.05) is 24.3 Å². The van der Waals surface area contributed by atoms with Gasteiger partial charge in [-0.2, -0.15) is 0 Å². The van der Waals surface area contributed by atoms with Gasteiger partial charge in [0.25, 0.3) is 0 Å². The van der Waals surface area contributed by atoms with Gasteiger partial charge >= 0.3 is 12.2 Å². The minimum absolute atomic E-state index is 0.221. The van der Waals surface area contributed by atoms with Crippen LogP contribution in [0.3, 0.4) is 0 Å². The third-order valence-corrected chi connectivity index (χ3v) is 3.18. The lowest BCUT2D eigenvalue weighted by Crippen LogP contribution is -2.26. The van der Waals surface area contributed by atoms with Crippen LogP contribution in [0.1, 0.15) is 26.3 Å². The van der Waals surface area contributed by atoms with Gasteiger partial charge < -0.3 is 19.9 Å². The SMILES string of the molecule is CC(C)(C)OC(=O)Oc1cc2ccccc2cc1CCNC(=O)O. The average molecular weight is 331 g/mol. The highest BCUT2D eigenvalue weighted by Crippen LogP contribution is 2.27. The van der Waals surface area contributed by atoms with Gasteiger partial charge in [-0.25, -0.2) is 9.59 Å².